The van der Waals surface area contributed by atoms with Crippen molar-refractivity contribution in [1.82, 2.24) is 20.1 Å². The Bertz CT molecular complexity index is 1200. The standard InChI is InChI=1S/C23H24N6O3/c1-28-14-16(13-25-28)17-3-4-19(31-2)18-12-20(26-22(17)18)27-23(30)15-5-6-24-21(11-15)29-7-9-32-10-8-29/h3-6,11,13-14H,7-10,12H2,1-2H3,(H,26,27,30). The van der Waals surface area contributed by atoms with Crippen LogP contribution in [-0.4, -0.2) is 59.9 Å². The van der Waals surface area contributed by atoms with Crippen LogP contribution in [0, 0.1) is 0 Å². The van der Waals surface area contributed by atoms with Crippen LogP contribution in [0.1, 0.15) is 15.9 Å². The molecule has 0 spiro atoms. The molecule has 0 aliphatic carbocycles. The first-order valence-electron chi connectivity index (χ1n) is 10.5. The van der Waals surface area contributed by atoms with Crippen molar-refractivity contribution >= 4 is 23.2 Å². The average Bonchev–Trinajstić information content (AvgIpc) is 3.45. The third-order valence-electron chi connectivity index (χ3n) is 5.67. The normalized spacial score (nSPS) is 15.3. The van der Waals surface area contributed by atoms with Crippen molar-refractivity contribution in [3.63, 3.8) is 0 Å². The van der Waals surface area contributed by atoms with Gasteiger partial charge in [-0.3, -0.25) is 9.48 Å². The van der Waals surface area contributed by atoms with Gasteiger partial charge in [-0.2, -0.15) is 5.10 Å². The molecule has 1 N–H and O–H groups in total. The molecule has 0 unspecified atom stereocenters. The van der Waals surface area contributed by atoms with Crippen molar-refractivity contribution in [2.45, 2.75) is 6.42 Å². The van der Waals surface area contributed by atoms with Gasteiger partial charge in [0.05, 0.1) is 32.2 Å². The number of carbonyl (C=O) groups excluding carboxylic acids is 1. The van der Waals surface area contributed by atoms with E-state index in [-0.39, 0.29) is 5.91 Å². The summed E-state index contributed by atoms with van der Waals surface area (Å²) in [6, 6.07) is 7.42. The number of ether oxygens (including phenoxy) is 2. The Kier molecular flexibility index (Phi) is 5.32. The molecular weight excluding hydrogens is 408 g/mol. The number of nitrogens with one attached hydrogen (secondary N) is 1. The number of hydrogen-bond acceptors (Lipinski definition) is 7. The number of morpholine rings is 1. The van der Waals surface area contributed by atoms with Crippen LogP contribution in [0.3, 0.4) is 0 Å². The number of rotatable bonds is 4. The second kappa shape index (κ2) is 8.43. The van der Waals surface area contributed by atoms with E-state index in [1.807, 2.05) is 31.4 Å². The molecule has 0 bridgehead atoms. The summed E-state index contributed by atoms with van der Waals surface area (Å²) in [5, 5.41) is 7.24. The molecule has 0 saturated carbocycles. The minimum atomic E-state index is -0.213. The number of amides is 1. The lowest BCUT2D eigenvalue weighted by Crippen LogP contribution is -2.37. The molecule has 9 heteroatoms. The molecule has 9 nitrogen and oxygen atoms in total. The second-order valence-corrected chi connectivity index (χ2v) is 7.74. The number of benzene rings is 1. The largest absolute Gasteiger partial charge is 0.496 e. The van der Waals surface area contributed by atoms with Gasteiger partial charge < -0.3 is 19.7 Å². The van der Waals surface area contributed by atoms with E-state index in [4.69, 9.17) is 14.5 Å². The van der Waals surface area contributed by atoms with Crippen molar-refractivity contribution in [2.75, 3.05) is 38.3 Å². The van der Waals surface area contributed by atoms with Gasteiger partial charge in [0.1, 0.15) is 17.4 Å². The molecule has 2 aliphatic rings. The smallest absolute Gasteiger partial charge is 0.256 e. The Balaban J connectivity index is 1.39. The van der Waals surface area contributed by atoms with Crippen LogP contribution >= 0.6 is 0 Å². The fraction of sp³-hybridized carbons (Fsp3) is 0.304. The van der Waals surface area contributed by atoms with Gasteiger partial charge in [-0.1, -0.05) is 0 Å². The molecule has 1 amide bonds. The zero-order valence-corrected chi connectivity index (χ0v) is 18.0. The summed E-state index contributed by atoms with van der Waals surface area (Å²) >= 11 is 0. The molecule has 164 valence electrons. The van der Waals surface area contributed by atoms with E-state index in [1.165, 1.54) is 0 Å². The Labute approximate surface area is 185 Å². The summed E-state index contributed by atoms with van der Waals surface area (Å²) in [6.45, 7) is 2.84. The van der Waals surface area contributed by atoms with Gasteiger partial charge in [0.15, 0.2) is 0 Å². The first-order valence-corrected chi connectivity index (χ1v) is 10.5. The number of fused-ring (bicyclic) bond motifs is 1. The van der Waals surface area contributed by atoms with E-state index in [9.17, 15) is 4.79 Å². The van der Waals surface area contributed by atoms with Gasteiger partial charge in [-0.05, 0) is 24.3 Å². The first kappa shape index (κ1) is 20.2. The van der Waals surface area contributed by atoms with E-state index in [0.29, 0.717) is 31.0 Å². The summed E-state index contributed by atoms with van der Waals surface area (Å²) in [7, 11) is 3.52. The highest BCUT2D eigenvalue weighted by atomic mass is 16.5. The number of pyridine rings is 1. The van der Waals surface area contributed by atoms with Gasteiger partial charge >= 0.3 is 0 Å². The average molecular weight is 432 g/mol. The summed E-state index contributed by atoms with van der Waals surface area (Å²) in [6.07, 6.45) is 5.89. The Morgan fingerprint density at radius 1 is 1.22 bits per heavy atom. The van der Waals surface area contributed by atoms with Crippen molar-refractivity contribution < 1.29 is 14.3 Å². The number of aromatic nitrogens is 3. The number of anilines is 1. The summed E-state index contributed by atoms with van der Waals surface area (Å²) in [5.41, 5.74) is 4.22. The number of carbonyl (C=O) groups is 1. The highest BCUT2D eigenvalue weighted by Gasteiger charge is 2.25. The molecule has 3 aromatic rings. The van der Waals surface area contributed by atoms with Crippen LogP contribution in [-0.2, 0) is 18.2 Å². The third-order valence-corrected chi connectivity index (χ3v) is 5.67. The minimum Gasteiger partial charge on any atom is -0.496 e. The maximum Gasteiger partial charge on any atom is 0.256 e. The lowest BCUT2D eigenvalue weighted by atomic mass is 10.0. The molecule has 4 heterocycles. The Hall–Kier alpha value is -3.72. The highest BCUT2D eigenvalue weighted by Crippen LogP contribution is 2.42. The topological polar surface area (TPSA) is 93.9 Å². The van der Waals surface area contributed by atoms with Gasteiger partial charge in [0.25, 0.3) is 5.91 Å². The summed E-state index contributed by atoms with van der Waals surface area (Å²) < 4.78 is 12.7. The third kappa shape index (κ3) is 3.82. The fourth-order valence-electron chi connectivity index (χ4n) is 4.04. The van der Waals surface area contributed by atoms with Crippen LogP contribution < -0.4 is 15.0 Å². The van der Waals surface area contributed by atoms with Gasteiger partial charge in [0, 0.05) is 61.2 Å². The molecule has 0 radical (unpaired) electrons. The maximum atomic E-state index is 13.0. The minimum absolute atomic E-state index is 0.213. The summed E-state index contributed by atoms with van der Waals surface area (Å²) in [5.74, 6) is 1.90. The van der Waals surface area contributed by atoms with Gasteiger partial charge in [0.2, 0.25) is 0 Å². The van der Waals surface area contributed by atoms with E-state index in [0.717, 1.165) is 47.0 Å². The molecule has 32 heavy (non-hydrogen) atoms. The van der Waals surface area contributed by atoms with Crippen molar-refractivity contribution in [3.05, 3.63) is 54.0 Å². The highest BCUT2D eigenvalue weighted by molar-refractivity contribution is 6.10. The zero-order chi connectivity index (χ0) is 22.1. The number of amidine groups is 1. The van der Waals surface area contributed by atoms with Crippen LogP contribution in [0.5, 0.6) is 5.75 Å². The Morgan fingerprint density at radius 2 is 2.06 bits per heavy atom. The van der Waals surface area contributed by atoms with E-state index < -0.39 is 0 Å². The van der Waals surface area contributed by atoms with Crippen molar-refractivity contribution in [1.29, 1.82) is 0 Å². The second-order valence-electron chi connectivity index (χ2n) is 7.74. The maximum absolute atomic E-state index is 13.0. The molecule has 5 rings (SSSR count). The Morgan fingerprint density at radius 3 is 2.81 bits per heavy atom. The SMILES string of the molecule is COc1ccc(-c2cnn(C)c2)c2c1CC(NC(=O)c1ccnc(N3CCOCC3)c1)=N2. The van der Waals surface area contributed by atoms with Crippen molar-refractivity contribution in [3.8, 4) is 16.9 Å². The quantitative estimate of drug-likeness (QED) is 0.680. The van der Waals surface area contributed by atoms with Crippen molar-refractivity contribution in [2.24, 2.45) is 12.0 Å². The number of nitrogens with zero attached hydrogens (tertiary/aromatic N) is 5. The van der Waals surface area contributed by atoms with Gasteiger partial charge in [-0.25, -0.2) is 9.98 Å². The van der Waals surface area contributed by atoms with Crippen LogP contribution in [0.2, 0.25) is 0 Å². The molecule has 1 saturated heterocycles. The number of hydrogen-bond donors (Lipinski definition) is 1. The van der Waals surface area contributed by atoms with E-state index in [1.54, 1.807) is 30.3 Å². The predicted molar refractivity (Wildman–Crippen MR) is 121 cm³/mol. The monoisotopic (exact) mass is 432 g/mol. The number of aryl methyl sites for hydroxylation is 1. The van der Waals surface area contributed by atoms with E-state index >= 15 is 0 Å². The molecule has 1 aromatic carbocycles. The molecule has 2 aliphatic heterocycles. The zero-order valence-electron chi connectivity index (χ0n) is 18.0. The lowest BCUT2D eigenvalue weighted by Gasteiger charge is -2.27. The number of aliphatic imine (C=N–C) groups is 1. The fourth-order valence-corrected chi connectivity index (χ4v) is 4.04. The lowest BCUT2D eigenvalue weighted by molar-refractivity contribution is 0.0976. The van der Waals surface area contributed by atoms with Crippen LogP contribution in [0.15, 0.2) is 47.8 Å². The first-order chi connectivity index (χ1) is 15.6. The predicted octanol–water partition coefficient (Wildman–Crippen LogP) is 2.34. The summed E-state index contributed by atoms with van der Waals surface area (Å²) in [4.78, 5) is 24.3. The molecular formula is C23H24N6O3. The molecule has 0 atom stereocenters. The molecule has 1 fully saturated rings. The van der Waals surface area contributed by atoms with Crippen LogP contribution in [0.4, 0.5) is 11.5 Å². The molecule has 2 aromatic heterocycles. The number of methoxy groups -OCH3 is 1. The van der Waals surface area contributed by atoms with E-state index in [2.05, 4.69) is 20.3 Å². The van der Waals surface area contributed by atoms with Crippen LogP contribution in [0.25, 0.3) is 11.1 Å². The van der Waals surface area contributed by atoms with Gasteiger partial charge in [-0.15, -0.1) is 0 Å².